The van der Waals surface area contributed by atoms with Crippen LogP contribution in [0.15, 0.2) is 48.5 Å². The first-order valence-electron chi connectivity index (χ1n) is 9.81. The molecule has 172 valence electrons. The molecule has 0 heterocycles. The number of carbonyl (C=O) groups excluding carboxylic acids is 3. The van der Waals surface area contributed by atoms with E-state index in [1.807, 2.05) is 6.26 Å². The van der Waals surface area contributed by atoms with Crippen LogP contribution in [0, 0.1) is 5.82 Å². The molecule has 0 saturated heterocycles. The molecule has 0 bridgehead atoms. The Balaban J connectivity index is 1.97. The van der Waals surface area contributed by atoms with E-state index in [1.54, 1.807) is 30.3 Å². The molecule has 0 aliphatic heterocycles. The number of ether oxygens (including phenoxy) is 2. The van der Waals surface area contributed by atoms with Crippen LogP contribution < -0.4 is 25.6 Å². The standard InChI is InChI=1S/C22H26FN3O5S/c1-14(31-19-11-7-5-9-16(19)23)20(27)25-26-22(29)17(12-13-32-3)24-21(28)15-8-4-6-10-18(15)30-2/h4-11,14,17H,12-13H2,1-3H3,(H,24,28)(H,25,27)(H,26,29)/t14-,17+/m0/s1. The van der Waals surface area contributed by atoms with Crippen molar-refractivity contribution in [1.82, 2.24) is 16.2 Å². The van der Waals surface area contributed by atoms with Crippen LogP contribution in [0.2, 0.25) is 0 Å². The van der Waals surface area contributed by atoms with E-state index < -0.39 is 35.7 Å². The minimum absolute atomic E-state index is 0.0802. The minimum atomic E-state index is -1.07. The highest BCUT2D eigenvalue weighted by Gasteiger charge is 2.24. The summed E-state index contributed by atoms with van der Waals surface area (Å²) in [6.45, 7) is 1.42. The quantitative estimate of drug-likeness (QED) is 0.467. The predicted octanol–water partition coefficient (Wildman–Crippen LogP) is 2.30. The molecule has 2 aromatic carbocycles. The van der Waals surface area contributed by atoms with Crippen LogP contribution in [0.3, 0.4) is 0 Å². The Hall–Kier alpha value is -3.27. The molecule has 8 nitrogen and oxygen atoms in total. The molecule has 0 aromatic heterocycles. The monoisotopic (exact) mass is 463 g/mol. The van der Waals surface area contributed by atoms with Crippen molar-refractivity contribution in [2.24, 2.45) is 0 Å². The molecule has 3 amide bonds. The SMILES string of the molecule is COc1ccccc1C(=O)N[C@H](CCSC)C(=O)NNC(=O)[C@H](C)Oc1ccccc1F. The Labute approximate surface area is 190 Å². The van der Waals surface area contributed by atoms with E-state index in [2.05, 4.69) is 16.2 Å². The number of hydrogen-bond acceptors (Lipinski definition) is 6. The maximum atomic E-state index is 13.7. The number of rotatable bonds is 10. The number of carbonyl (C=O) groups is 3. The summed E-state index contributed by atoms with van der Waals surface area (Å²) in [6.07, 6.45) is 1.14. The van der Waals surface area contributed by atoms with Crippen LogP contribution in [0.4, 0.5) is 4.39 Å². The fourth-order valence-electron chi connectivity index (χ4n) is 2.67. The number of amides is 3. The highest BCUT2D eigenvalue weighted by Crippen LogP contribution is 2.18. The van der Waals surface area contributed by atoms with E-state index >= 15 is 0 Å². The van der Waals surface area contributed by atoms with E-state index in [-0.39, 0.29) is 11.3 Å². The smallest absolute Gasteiger partial charge is 0.279 e. The summed E-state index contributed by atoms with van der Waals surface area (Å²) < 4.78 is 24.2. The normalized spacial score (nSPS) is 12.2. The summed E-state index contributed by atoms with van der Waals surface area (Å²) in [5, 5.41) is 2.67. The van der Waals surface area contributed by atoms with Gasteiger partial charge in [0.1, 0.15) is 11.8 Å². The summed E-state index contributed by atoms with van der Waals surface area (Å²) in [4.78, 5) is 37.5. The van der Waals surface area contributed by atoms with Gasteiger partial charge in [0.25, 0.3) is 17.7 Å². The summed E-state index contributed by atoms with van der Waals surface area (Å²) in [7, 11) is 1.45. The fourth-order valence-corrected chi connectivity index (χ4v) is 3.14. The van der Waals surface area contributed by atoms with Gasteiger partial charge in [-0.05, 0) is 49.6 Å². The molecule has 0 fully saturated rings. The van der Waals surface area contributed by atoms with Gasteiger partial charge in [-0.2, -0.15) is 11.8 Å². The molecular formula is C22H26FN3O5S. The van der Waals surface area contributed by atoms with Crippen molar-refractivity contribution in [1.29, 1.82) is 0 Å². The van der Waals surface area contributed by atoms with Crippen LogP contribution in [-0.2, 0) is 9.59 Å². The van der Waals surface area contributed by atoms with Gasteiger partial charge in [0.2, 0.25) is 0 Å². The molecule has 0 unspecified atom stereocenters. The van der Waals surface area contributed by atoms with Crippen molar-refractivity contribution in [2.45, 2.75) is 25.5 Å². The average Bonchev–Trinajstić information content (AvgIpc) is 2.81. The third-order valence-corrected chi connectivity index (χ3v) is 5.05. The third kappa shape index (κ3) is 7.16. The molecule has 10 heteroatoms. The Bertz CT molecular complexity index is 943. The second kappa shape index (κ2) is 12.6. The number of hydrazine groups is 1. The molecular weight excluding hydrogens is 437 g/mol. The third-order valence-electron chi connectivity index (χ3n) is 4.40. The number of halogens is 1. The van der Waals surface area contributed by atoms with E-state index in [1.165, 1.54) is 44.0 Å². The van der Waals surface area contributed by atoms with Crippen molar-refractivity contribution in [3.05, 3.63) is 59.9 Å². The molecule has 2 atom stereocenters. The zero-order chi connectivity index (χ0) is 23.5. The first-order chi connectivity index (χ1) is 15.4. The Morgan fingerprint density at radius 2 is 1.62 bits per heavy atom. The zero-order valence-corrected chi connectivity index (χ0v) is 18.8. The lowest BCUT2D eigenvalue weighted by atomic mass is 10.1. The van der Waals surface area contributed by atoms with Gasteiger partial charge in [-0.3, -0.25) is 25.2 Å². The van der Waals surface area contributed by atoms with Crippen molar-refractivity contribution in [3.63, 3.8) is 0 Å². The lowest BCUT2D eigenvalue weighted by Gasteiger charge is -2.20. The van der Waals surface area contributed by atoms with Crippen LogP contribution in [-0.4, -0.2) is 49.0 Å². The van der Waals surface area contributed by atoms with Gasteiger partial charge in [0.05, 0.1) is 12.7 Å². The van der Waals surface area contributed by atoms with Gasteiger partial charge in [-0.25, -0.2) is 4.39 Å². The molecule has 0 spiro atoms. The maximum absolute atomic E-state index is 13.7. The molecule has 3 N–H and O–H groups in total. The summed E-state index contributed by atoms with van der Waals surface area (Å²) in [5.74, 6) is -1.47. The van der Waals surface area contributed by atoms with Crippen molar-refractivity contribution in [2.75, 3.05) is 19.1 Å². The second-order valence-electron chi connectivity index (χ2n) is 6.68. The van der Waals surface area contributed by atoms with E-state index in [0.717, 1.165) is 0 Å². The Morgan fingerprint density at radius 3 is 2.28 bits per heavy atom. The van der Waals surface area contributed by atoms with E-state index in [4.69, 9.17) is 9.47 Å². The largest absolute Gasteiger partial charge is 0.496 e. The topological polar surface area (TPSA) is 106 Å². The van der Waals surface area contributed by atoms with Crippen LogP contribution in [0.1, 0.15) is 23.7 Å². The number of methoxy groups -OCH3 is 1. The molecule has 0 radical (unpaired) electrons. The number of benzene rings is 2. The highest BCUT2D eigenvalue weighted by atomic mass is 32.2. The minimum Gasteiger partial charge on any atom is -0.496 e. The highest BCUT2D eigenvalue weighted by molar-refractivity contribution is 7.98. The molecule has 2 aromatic rings. The van der Waals surface area contributed by atoms with Crippen molar-refractivity contribution >= 4 is 29.5 Å². The number of nitrogens with one attached hydrogen (secondary N) is 3. The van der Waals surface area contributed by atoms with Gasteiger partial charge in [-0.1, -0.05) is 24.3 Å². The molecule has 0 saturated carbocycles. The Morgan fingerprint density at radius 1 is 1.00 bits per heavy atom. The summed E-state index contributed by atoms with van der Waals surface area (Å²) >= 11 is 1.51. The van der Waals surface area contributed by atoms with Gasteiger partial charge in [-0.15, -0.1) is 0 Å². The molecule has 2 rings (SSSR count). The second-order valence-corrected chi connectivity index (χ2v) is 7.66. The number of thioether (sulfide) groups is 1. The van der Waals surface area contributed by atoms with E-state index in [9.17, 15) is 18.8 Å². The van der Waals surface area contributed by atoms with Crippen molar-refractivity contribution < 1.29 is 28.2 Å². The van der Waals surface area contributed by atoms with Gasteiger partial charge in [0, 0.05) is 0 Å². The predicted molar refractivity (Wildman–Crippen MR) is 120 cm³/mol. The summed E-state index contributed by atoms with van der Waals surface area (Å²) in [5.41, 5.74) is 4.82. The van der Waals surface area contributed by atoms with E-state index in [0.29, 0.717) is 17.9 Å². The maximum Gasteiger partial charge on any atom is 0.279 e. The van der Waals surface area contributed by atoms with Gasteiger partial charge >= 0.3 is 0 Å². The molecule has 32 heavy (non-hydrogen) atoms. The Kier molecular flexibility index (Phi) is 9.80. The lowest BCUT2D eigenvalue weighted by molar-refractivity contribution is -0.133. The van der Waals surface area contributed by atoms with Crippen LogP contribution >= 0.6 is 11.8 Å². The van der Waals surface area contributed by atoms with Gasteiger partial charge < -0.3 is 14.8 Å². The summed E-state index contributed by atoms with van der Waals surface area (Å²) in [6, 6.07) is 11.4. The number of para-hydroxylation sites is 2. The fraction of sp³-hybridized carbons (Fsp3) is 0.318. The average molecular weight is 464 g/mol. The molecule has 0 aliphatic rings. The zero-order valence-electron chi connectivity index (χ0n) is 18.0. The number of hydrogen-bond donors (Lipinski definition) is 3. The van der Waals surface area contributed by atoms with Crippen LogP contribution in [0.5, 0.6) is 11.5 Å². The van der Waals surface area contributed by atoms with Gasteiger partial charge in [0.15, 0.2) is 17.7 Å². The first kappa shape index (κ1) is 25.0. The van der Waals surface area contributed by atoms with Crippen LogP contribution in [0.25, 0.3) is 0 Å². The molecule has 0 aliphatic carbocycles. The van der Waals surface area contributed by atoms with Crippen molar-refractivity contribution in [3.8, 4) is 11.5 Å². The first-order valence-corrected chi connectivity index (χ1v) is 11.2. The lowest BCUT2D eigenvalue weighted by Crippen LogP contribution is -2.54.